The molecule has 6 nitrogen and oxygen atoms in total. The second-order valence-electron chi connectivity index (χ2n) is 11.4. The number of Topliss-reactive ketones (excluding diaryl/α,β-unsaturated/α-hetero) is 1. The lowest BCUT2D eigenvalue weighted by atomic mass is 9.74. The first kappa shape index (κ1) is 28.9. The van der Waals surface area contributed by atoms with Crippen LogP contribution in [0.3, 0.4) is 0 Å². The lowest BCUT2D eigenvalue weighted by Gasteiger charge is -2.36. The predicted octanol–water partition coefficient (Wildman–Crippen LogP) is 6.44. The minimum absolute atomic E-state index is 0.00909. The van der Waals surface area contributed by atoms with Crippen molar-refractivity contribution in [2.45, 2.75) is 63.1 Å². The highest BCUT2D eigenvalue weighted by Gasteiger charge is 2.38. The molecule has 1 aliphatic heterocycles. The van der Waals surface area contributed by atoms with Crippen molar-refractivity contribution < 1.29 is 27.9 Å². The molecule has 5 rings (SSSR count). The summed E-state index contributed by atoms with van der Waals surface area (Å²) in [6.45, 7) is 1.26. The van der Waals surface area contributed by atoms with Crippen LogP contribution in [-0.4, -0.2) is 44.8 Å². The Hall–Kier alpha value is -3.59. The van der Waals surface area contributed by atoms with Crippen molar-refractivity contribution in [3.8, 4) is 11.1 Å². The number of amides is 1. The number of halogens is 3. The number of likely N-dealkylation sites (tertiary alicyclic amines) is 1. The van der Waals surface area contributed by atoms with E-state index in [2.05, 4.69) is 9.97 Å². The van der Waals surface area contributed by atoms with E-state index in [-0.39, 0.29) is 24.3 Å². The summed E-state index contributed by atoms with van der Waals surface area (Å²) < 4.78 is 38.8. The number of rotatable bonds is 8. The molecule has 9 heteroatoms. The molecular weight excluding hydrogens is 531 g/mol. The smallest absolute Gasteiger partial charge is 0.384 e. The Balaban J connectivity index is 1.06. The van der Waals surface area contributed by atoms with Crippen molar-refractivity contribution in [1.29, 1.82) is 0 Å². The van der Waals surface area contributed by atoms with Crippen LogP contribution in [0.15, 0.2) is 67.1 Å². The van der Waals surface area contributed by atoms with Gasteiger partial charge in [-0.3, -0.25) is 19.6 Å². The second-order valence-corrected chi connectivity index (χ2v) is 11.4. The molecule has 3 aromatic rings. The van der Waals surface area contributed by atoms with Gasteiger partial charge in [-0.05, 0) is 74.6 Å². The van der Waals surface area contributed by atoms with Gasteiger partial charge in [-0.15, -0.1) is 0 Å². The lowest BCUT2D eigenvalue weighted by molar-refractivity contribution is -0.137. The topological polar surface area (TPSA) is 83.4 Å². The van der Waals surface area contributed by atoms with Crippen LogP contribution in [0, 0.1) is 11.8 Å². The number of pyridine rings is 2. The van der Waals surface area contributed by atoms with E-state index in [0.29, 0.717) is 43.5 Å². The molecule has 1 aromatic carbocycles. The van der Waals surface area contributed by atoms with E-state index in [1.807, 2.05) is 24.3 Å². The van der Waals surface area contributed by atoms with Gasteiger partial charge in [-0.2, -0.15) is 13.2 Å². The van der Waals surface area contributed by atoms with Crippen molar-refractivity contribution >= 4 is 11.7 Å². The number of ketones is 1. The van der Waals surface area contributed by atoms with Gasteiger partial charge in [0.1, 0.15) is 5.60 Å². The Morgan fingerprint density at radius 3 is 2.41 bits per heavy atom. The predicted molar refractivity (Wildman–Crippen MR) is 148 cm³/mol. The molecule has 216 valence electrons. The fourth-order valence-corrected chi connectivity index (χ4v) is 6.14. The molecule has 1 unspecified atom stereocenters. The van der Waals surface area contributed by atoms with Crippen LogP contribution >= 0.6 is 0 Å². The number of carbonyl (C=O) groups is 2. The van der Waals surface area contributed by atoms with Gasteiger partial charge < -0.3 is 10.0 Å². The Labute approximate surface area is 237 Å². The van der Waals surface area contributed by atoms with Crippen LogP contribution in [0.2, 0.25) is 0 Å². The minimum atomic E-state index is -4.52. The summed E-state index contributed by atoms with van der Waals surface area (Å²) in [5.41, 5.74) is 0.805. The average Bonchev–Trinajstić information content (AvgIpc) is 3.46. The molecular formula is C32H34F3N3O3. The molecule has 0 bridgehead atoms. The Morgan fingerprint density at radius 1 is 0.951 bits per heavy atom. The molecule has 1 N–H and O–H groups in total. The van der Waals surface area contributed by atoms with Crippen molar-refractivity contribution in [2.75, 3.05) is 13.1 Å². The quantitative estimate of drug-likeness (QED) is 0.318. The maximum Gasteiger partial charge on any atom is 0.416 e. The fraction of sp³-hybridized carbons (Fsp3) is 0.438. The first-order valence-corrected chi connectivity index (χ1v) is 14.2. The van der Waals surface area contributed by atoms with E-state index in [9.17, 15) is 27.9 Å². The zero-order chi connectivity index (χ0) is 29.0. The molecule has 2 fully saturated rings. The van der Waals surface area contributed by atoms with Crippen LogP contribution in [0.4, 0.5) is 13.2 Å². The van der Waals surface area contributed by atoms with Crippen molar-refractivity contribution in [2.24, 2.45) is 11.8 Å². The molecule has 0 radical (unpaired) electrons. The van der Waals surface area contributed by atoms with E-state index in [0.717, 1.165) is 48.9 Å². The molecule has 1 atom stereocenters. The first-order valence-electron chi connectivity index (χ1n) is 14.2. The van der Waals surface area contributed by atoms with Gasteiger partial charge >= 0.3 is 6.18 Å². The van der Waals surface area contributed by atoms with Gasteiger partial charge in [-0.25, -0.2) is 0 Å². The molecule has 0 spiro atoms. The van der Waals surface area contributed by atoms with E-state index >= 15 is 0 Å². The molecule has 2 aromatic heterocycles. The van der Waals surface area contributed by atoms with Crippen LogP contribution in [0.25, 0.3) is 11.1 Å². The van der Waals surface area contributed by atoms with Gasteiger partial charge in [0.15, 0.2) is 5.78 Å². The molecule has 2 aliphatic rings. The standard InChI is InChI=1S/C32H34F3N3O3/c33-32(34,35)27-5-1-3-24(18-27)28(39)7-9-30(40)38-16-12-23(21-38)17-22-10-13-31(41,14-11-22)29-8-6-26(20-37-29)25-4-2-15-36-19-25/h1-6,8,15,18-20,22-23,41H,7,9-14,16-17,21H2. The third kappa shape index (κ3) is 7.01. The number of hydrogen-bond acceptors (Lipinski definition) is 5. The highest BCUT2D eigenvalue weighted by molar-refractivity contribution is 5.98. The SMILES string of the molecule is O=C(CCC(=O)N1CCC(CC2CCC(O)(c3ccc(-c4cccnc4)cn3)CC2)C1)c1cccc(C(F)(F)F)c1. The third-order valence-corrected chi connectivity index (χ3v) is 8.55. The lowest BCUT2D eigenvalue weighted by Crippen LogP contribution is -2.33. The van der Waals surface area contributed by atoms with E-state index in [4.69, 9.17) is 0 Å². The Kier molecular flexibility index (Phi) is 8.54. The van der Waals surface area contributed by atoms with E-state index in [1.54, 1.807) is 23.5 Å². The highest BCUT2D eigenvalue weighted by Crippen LogP contribution is 2.42. The van der Waals surface area contributed by atoms with Crippen molar-refractivity contribution in [3.63, 3.8) is 0 Å². The van der Waals surface area contributed by atoms with Crippen LogP contribution in [0.5, 0.6) is 0 Å². The van der Waals surface area contributed by atoms with Crippen LogP contribution in [-0.2, 0) is 16.6 Å². The molecule has 1 saturated carbocycles. The van der Waals surface area contributed by atoms with Gasteiger partial charge in [0, 0.05) is 61.2 Å². The number of benzene rings is 1. The van der Waals surface area contributed by atoms with Gasteiger partial charge in [0.05, 0.1) is 11.3 Å². The van der Waals surface area contributed by atoms with E-state index in [1.165, 1.54) is 12.1 Å². The molecule has 1 aliphatic carbocycles. The van der Waals surface area contributed by atoms with Crippen molar-refractivity contribution in [3.05, 3.63) is 83.9 Å². The molecule has 3 heterocycles. The normalized spacial score (nSPS) is 23.0. The maximum absolute atomic E-state index is 12.9. The number of aromatic nitrogens is 2. The number of carbonyl (C=O) groups excluding carboxylic acids is 2. The zero-order valence-corrected chi connectivity index (χ0v) is 22.8. The Morgan fingerprint density at radius 2 is 1.73 bits per heavy atom. The average molecular weight is 566 g/mol. The van der Waals surface area contributed by atoms with Gasteiger partial charge in [-0.1, -0.05) is 24.3 Å². The maximum atomic E-state index is 12.9. The molecule has 41 heavy (non-hydrogen) atoms. The highest BCUT2D eigenvalue weighted by atomic mass is 19.4. The Bertz CT molecular complexity index is 1350. The molecule has 1 amide bonds. The van der Waals surface area contributed by atoms with Crippen LogP contribution in [0.1, 0.15) is 73.0 Å². The zero-order valence-electron chi connectivity index (χ0n) is 22.8. The first-order chi connectivity index (χ1) is 19.6. The monoisotopic (exact) mass is 565 g/mol. The van der Waals surface area contributed by atoms with E-state index < -0.39 is 23.1 Å². The number of nitrogens with zero attached hydrogens (tertiary/aromatic N) is 3. The summed E-state index contributed by atoms with van der Waals surface area (Å²) in [7, 11) is 0. The summed E-state index contributed by atoms with van der Waals surface area (Å²) in [4.78, 5) is 35.7. The summed E-state index contributed by atoms with van der Waals surface area (Å²) in [5, 5.41) is 11.3. The second kappa shape index (κ2) is 12.1. The number of hydrogen-bond donors (Lipinski definition) is 1. The minimum Gasteiger partial charge on any atom is -0.384 e. The largest absolute Gasteiger partial charge is 0.416 e. The summed E-state index contributed by atoms with van der Waals surface area (Å²) >= 11 is 0. The molecule has 1 saturated heterocycles. The summed E-state index contributed by atoms with van der Waals surface area (Å²) in [6.07, 6.45) is 5.60. The number of alkyl halides is 3. The number of aliphatic hydroxyl groups is 1. The van der Waals surface area contributed by atoms with Gasteiger partial charge in [0.25, 0.3) is 0 Å². The summed E-state index contributed by atoms with van der Waals surface area (Å²) in [5.74, 6) is 0.237. The van der Waals surface area contributed by atoms with Crippen molar-refractivity contribution in [1.82, 2.24) is 14.9 Å². The van der Waals surface area contributed by atoms with Gasteiger partial charge in [0.2, 0.25) is 5.91 Å². The fourth-order valence-electron chi connectivity index (χ4n) is 6.14. The van der Waals surface area contributed by atoms with Crippen LogP contribution < -0.4 is 0 Å². The third-order valence-electron chi connectivity index (χ3n) is 8.55. The summed E-state index contributed by atoms with van der Waals surface area (Å²) in [6, 6.07) is 12.1.